The van der Waals surface area contributed by atoms with Crippen molar-refractivity contribution in [1.82, 2.24) is 10.6 Å². The Balaban J connectivity index is 3.30. The lowest BCUT2D eigenvalue weighted by molar-refractivity contribution is -0.121. The van der Waals surface area contributed by atoms with E-state index >= 15 is 0 Å². The SMILES string of the molecule is CCNC(=O)CCNC(=O)CCl. The highest BCUT2D eigenvalue weighted by molar-refractivity contribution is 6.27. The lowest BCUT2D eigenvalue weighted by Gasteiger charge is -2.02. The first-order valence-corrected chi connectivity index (χ1v) is 4.33. The number of rotatable bonds is 5. The molecule has 0 saturated heterocycles. The smallest absolute Gasteiger partial charge is 0.234 e. The summed E-state index contributed by atoms with van der Waals surface area (Å²) in [6.07, 6.45) is 0.302. The molecule has 0 heterocycles. The minimum atomic E-state index is -0.249. The zero-order valence-corrected chi connectivity index (χ0v) is 7.78. The van der Waals surface area contributed by atoms with Gasteiger partial charge >= 0.3 is 0 Å². The van der Waals surface area contributed by atoms with Crippen molar-refractivity contribution in [1.29, 1.82) is 0 Å². The van der Waals surface area contributed by atoms with E-state index in [0.717, 1.165) is 0 Å². The van der Waals surface area contributed by atoms with Crippen molar-refractivity contribution in [2.24, 2.45) is 0 Å². The van der Waals surface area contributed by atoms with Crippen LogP contribution in [0.5, 0.6) is 0 Å². The summed E-state index contributed by atoms with van der Waals surface area (Å²) in [6, 6.07) is 0. The summed E-state index contributed by atoms with van der Waals surface area (Å²) in [5.74, 6) is -0.372. The molecule has 0 aliphatic heterocycles. The zero-order chi connectivity index (χ0) is 9.40. The molecule has 0 spiro atoms. The molecule has 0 bridgehead atoms. The molecule has 0 aromatic rings. The fourth-order valence-corrected chi connectivity index (χ4v) is 0.743. The number of carbonyl (C=O) groups is 2. The van der Waals surface area contributed by atoms with Gasteiger partial charge in [0.05, 0.1) is 0 Å². The molecule has 0 unspecified atom stereocenters. The van der Waals surface area contributed by atoms with Crippen molar-refractivity contribution in [2.75, 3.05) is 19.0 Å². The highest BCUT2D eigenvalue weighted by Gasteiger charge is 2.00. The summed E-state index contributed by atoms with van der Waals surface area (Å²) in [6.45, 7) is 2.80. The molecule has 0 aliphatic carbocycles. The zero-order valence-electron chi connectivity index (χ0n) is 7.02. The average Bonchev–Trinajstić information content (AvgIpc) is 2.04. The van der Waals surface area contributed by atoms with Crippen LogP contribution >= 0.6 is 11.6 Å². The van der Waals surface area contributed by atoms with E-state index in [-0.39, 0.29) is 17.7 Å². The van der Waals surface area contributed by atoms with Gasteiger partial charge in [-0.3, -0.25) is 9.59 Å². The number of hydrogen-bond donors (Lipinski definition) is 2. The van der Waals surface area contributed by atoms with Crippen LogP contribution in [0, 0.1) is 0 Å². The number of alkyl halides is 1. The van der Waals surface area contributed by atoms with Crippen LogP contribution in [0.4, 0.5) is 0 Å². The van der Waals surface area contributed by atoms with E-state index in [1.54, 1.807) is 0 Å². The van der Waals surface area contributed by atoms with Gasteiger partial charge in [-0.2, -0.15) is 0 Å². The molecule has 5 heteroatoms. The van der Waals surface area contributed by atoms with Crippen molar-refractivity contribution in [3.8, 4) is 0 Å². The van der Waals surface area contributed by atoms with Gasteiger partial charge in [-0.25, -0.2) is 0 Å². The Morgan fingerprint density at radius 1 is 1.25 bits per heavy atom. The molecular formula is C7H13ClN2O2. The molecule has 0 fully saturated rings. The van der Waals surface area contributed by atoms with Gasteiger partial charge in [-0.05, 0) is 6.92 Å². The maximum atomic E-state index is 10.8. The summed E-state index contributed by atoms with van der Waals surface area (Å²) in [7, 11) is 0. The van der Waals surface area contributed by atoms with Gasteiger partial charge in [0.1, 0.15) is 5.88 Å². The van der Waals surface area contributed by atoms with E-state index in [9.17, 15) is 9.59 Å². The molecule has 4 nitrogen and oxygen atoms in total. The molecule has 0 aromatic heterocycles. The predicted molar refractivity (Wildman–Crippen MR) is 47.0 cm³/mol. The van der Waals surface area contributed by atoms with Gasteiger partial charge in [0.25, 0.3) is 0 Å². The molecule has 0 saturated carbocycles. The van der Waals surface area contributed by atoms with Gasteiger partial charge in [-0.1, -0.05) is 0 Å². The highest BCUT2D eigenvalue weighted by Crippen LogP contribution is 1.78. The van der Waals surface area contributed by atoms with Crippen molar-refractivity contribution in [3.05, 3.63) is 0 Å². The Bertz CT molecular complexity index is 161. The molecule has 0 aliphatic rings. The maximum absolute atomic E-state index is 10.8. The second kappa shape index (κ2) is 6.91. The first kappa shape index (κ1) is 11.2. The lowest BCUT2D eigenvalue weighted by atomic mass is 10.4. The molecule has 0 rings (SSSR count). The summed E-state index contributed by atoms with van der Waals surface area (Å²) in [5.41, 5.74) is 0. The number of carbonyl (C=O) groups excluding carboxylic acids is 2. The number of halogens is 1. The first-order chi connectivity index (χ1) is 5.70. The van der Waals surface area contributed by atoms with Crippen LogP contribution in [0.1, 0.15) is 13.3 Å². The van der Waals surface area contributed by atoms with E-state index < -0.39 is 0 Å². The standard InChI is InChI=1S/C7H13ClN2O2/c1-2-9-6(11)3-4-10-7(12)5-8/h2-5H2,1H3,(H,9,11)(H,10,12). The molecule has 2 N–H and O–H groups in total. The molecule has 0 radical (unpaired) electrons. The summed E-state index contributed by atoms with van der Waals surface area (Å²) in [4.78, 5) is 21.4. The quantitative estimate of drug-likeness (QED) is 0.597. The molecule has 0 aromatic carbocycles. The van der Waals surface area contributed by atoms with E-state index in [1.807, 2.05) is 6.92 Å². The Kier molecular flexibility index (Phi) is 6.47. The Labute approximate surface area is 76.7 Å². The normalized spacial score (nSPS) is 9.17. The van der Waals surface area contributed by atoms with Crippen molar-refractivity contribution in [3.63, 3.8) is 0 Å². The summed E-state index contributed by atoms with van der Waals surface area (Å²) >= 11 is 5.22. The Morgan fingerprint density at radius 2 is 1.92 bits per heavy atom. The Hall–Kier alpha value is -0.770. The van der Waals surface area contributed by atoms with Gasteiger partial charge < -0.3 is 10.6 Å². The van der Waals surface area contributed by atoms with Crippen LogP contribution in [0.15, 0.2) is 0 Å². The fraction of sp³-hybridized carbons (Fsp3) is 0.714. The first-order valence-electron chi connectivity index (χ1n) is 3.80. The number of nitrogens with one attached hydrogen (secondary N) is 2. The van der Waals surface area contributed by atoms with Crippen molar-refractivity contribution >= 4 is 23.4 Å². The van der Waals surface area contributed by atoms with Gasteiger partial charge in [0.2, 0.25) is 11.8 Å². The summed E-state index contributed by atoms with van der Waals surface area (Å²) in [5, 5.41) is 5.10. The number of hydrogen-bond acceptors (Lipinski definition) is 2. The van der Waals surface area contributed by atoms with Crippen molar-refractivity contribution in [2.45, 2.75) is 13.3 Å². The molecular weight excluding hydrogens is 180 g/mol. The van der Waals surface area contributed by atoms with Gasteiger partial charge in [0.15, 0.2) is 0 Å². The molecule has 0 atom stereocenters. The minimum Gasteiger partial charge on any atom is -0.356 e. The third-order valence-electron chi connectivity index (χ3n) is 1.17. The van der Waals surface area contributed by atoms with E-state index in [2.05, 4.69) is 10.6 Å². The van der Waals surface area contributed by atoms with Crippen molar-refractivity contribution < 1.29 is 9.59 Å². The van der Waals surface area contributed by atoms with Gasteiger partial charge in [-0.15, -0.1) is 11.6 Å². The predicted octanol–water partition coefficient (Wildman–Crippen LogP) is -0.132. The number of amides is 2. The van der Waals surface area contributed by atoms with Crippen LogP contribution < -0.4 is 10.6 Å². The largest absolute Gasteiger partial charge is 0.356 e. The summed E-state index contributed by atoms with van der Waals surface area (Å²) < 4.78 is 0. The van der Waals surface area contributed by atoms with Crippen LogP contribution in [-0.2, 0) is 9.59 Å². The Morgan fingerprint density at radius 3 is 2.42 bits per heavy atom. The molecule has 12 heavy (non-hydrogen) atoms. The molecule has 2 amide bonds. The van der Waals surface area contributed by atoms with Gasteiger partial charge in [0, 0.05) is 19.5 Å². The topological polar surface area (TPSA) is 58.2 Å². The minimum absolute atomic E-state index is 0.0601. The van der Waals surface area contributed by atoms with E-state index in [1.165, 1.54) is 0 Å². The fourth-order valence-electron chi connectivity index (χ4n) is 0.648. The average molecular weight is 193 g/mol. The molecule has 70 valence electrons. The van der Waals surface area contributed by atoms with Crippen LogP contribution in [-0.4, -0.2) is 30.8 Å². The van der Waals surface area contributed by atoms with E-state index in [4.69, 9.17) is 11.6 Å². The maximum Gasteiger partial charge on any atom is 0.234 e. The lowest BCUT2D eigenvalue weighted by Crippen LogP contribution is -2.31. The second-order valence-electron chi connectivity index (χ2n) is 2.19. The third-order valence-corrected chi connectivity index (χ3v) is 1.41. The second-order valence-corrected chi connectivity index (χ2v) is 2.45. The third kappa shape index (κ3) is 5.97. The van der Waals surface area contributed by atoms with Crippen LogP contribution in [0.3, 0.4) is 0 Å². The van der Waals surface area contributed by atoms with Crippen LogP contribution in [0.2, 0.25) is 0 Å². The highest BCUT2D eigenvalue weighted by atomic mass is 35.5. The van der Waals surface area contributed by atoms with E-state index in [0.29, 0.717) is 19.5 Å². The van der Waals surface area contributed by atoms with Crippen LogP contribution in [0.25, 0.3) is 0 Å². The monoisotopic (exact) mass is 192 g/mol.